The van der Waals surface area contributed by atoms with Gasteiger partial charge >= 0.3 is 5.63 Å². The highest BCUT2D eigenvalue weighted by atomic mass is 16.4. The maximum atomic E-state index is 13.1. The van der Waals surface area contributed by atoms with E-state index in [1.165, 1.54) is 0 Å². The summed E-state index contributed by atoms with van der Waals surface area (Å²) in [5.74, 6) is -1.12. The molecule has 0 bridgehead atoms. The zero-order valence-corrected chi connectivity index (χ0v) is 17.8. The van der Waals surface area contributed by atoms with Gasteiger partial charge < -0.3 is 25.9 Å². The zero-order chi connectivity index (χ0) is 22.5. The first-order chi connectivity index (χ1) is 14.8. The number of aromatic hydroxyl groups is 1. The van der Waals surface area contributed by atoms with E-state index in [9.17, 15) is 9.90 Å². The van der Waals surface area contributed by atoms with Gasteiger partial charge in [-0.25, -0.2) is 4.79 Å². The van der Waals surface area contributed by atoms with Crippen molar-refractivity contribution in [3.8, 4) is 5.75 Å². The van der Waals surface area contributed by atoms with Gasteiger partial charge in [0.25, 0.3) is 0 Å². The molecule has 0 amide bonds. The quantitative estimate of drug-likeness (QED) is 0.232. The van der Waals surface area contributed by atoms with Gasteiger partial charge in [-0.05, 0) is 38.7 Å². The first kappa shape index (κ1) is 22.0. The SMILES string of the molecule is C/C(=N\N=C(N)N)C(CN(C)C)C(c1ccccc1)c1c(O)c2ccccc2oc1=O. The lowest BCUT2D eigenvalue weighted by Gasteiger charge is -2.30. The molecule has 0 aliphatic carbocycles. The fraction of sp³-hybridized carbons (Fsp3) is 0.261. The number of hydrogen-bond acceptors (Lipinski definition) is 6. The van der Waals surface area contributed by atoms with Crippen LogP contribution in [0.25, 0.3) is 11.0 Å². The van der Waals surface area contributed by atoms with Crippen LogP contribution in [0.5, 0.6) is 5.75 Å². The summed E-state index contributed by atoms with van der Waals surface area (Å²) in [4.78, 5) is 15.1. The largest absolute Gasteiger partial charge is 0.507 e. The van der Waals surface area contributed by atoms with E-state index in [4.69, 9.17) is 15.9 Å². The van der Waals surface area contributed by atoms with Crippen molar-refractivity contribution in [1.29, 1.82) is 0 Å². The van der Waals surface area contributed by atoms with Gasteiger partial charge in [0.1, 0.15) is 11.3 Å². The molecule has 0 saturated carbocycles. The number of guanidine groups is 1. The van der Waals surface area contributed by atoms with E-state index < -0.39 is 11.5 Å². The molecule has 1 heterocycles. The number of rotatable bonds is 7. The van der Waals surface area contributed by atoms with Crippen molar-refractivity contribution in [2.45, 2.75) is 12.8 Å². The highest BCUT2D eigenvalue weighted by molar-refractivity contribution is 5.89. The van der Waals surface area contributed by atoms with Crippen molar-refractivity contribution in [1.82, 2.24) is 4.90 Å². The molecule has 2 unspecified atom stereocenters. The van der Waals surface area contributed by atoms with Crippen LogP contribution < -0.4 is 17.1 Å². The average molecular weight is 422 g/mol. The predicted octanol–water partition coefficient (Wildman–Crippen LogP) is 2.46. The van der Waals surface area contributed by atoms with Gasteiger partial charge in [0.05, 0.1) is 10.9 Å². The van der Waals surface area contributed by atoms with Crippen LogP contribution in [0, 0.1) is 5.92 Å². The topological polar surface area (TPSA) is 130 Å². The van der Waals surface area contributed by atoms with E-state index in [0.29, 0.717) is 23.2 Å². The molecule has 2 aromatic carbocycles. The van der Waals surface area contributed by atoms with Gasteiger partial charge in [-0.2, -0.15) is 5.10 Å². The van der Waals surface area contributed by atoms with E-state index in [-0.39, 0.29) is 23.2 Å². The Morgan fingerprint density at radius 1 is 1.06 bits per heavy atom. The molecule has 0 radical (unpaired) electrons. The Balaban J connectivity index is 2.30. The minimum atomic E-state index is -0.594. The number of hydrogen-bond donors (Lipinski definition) is 3. The number of para-hydroxylation sites is 1. The summed E-state index contributed by atoms with van der Waals surface area (Å²) in [6, 6.07) is 16.4. The highest BCUT2D eigenvalue weighted by Crippen LogP contribution is 2.39. The first-order valence-corrected chi connectivity index (χ1v) is 9.87. The second-order valence-electron chi connectivity index (χ2n) is 7.67. The smallest absolute Gasteiger partial charge is 0.343 e. The van der Waals surface area contributed by atoms with Crippen molar-refractivity contribution >= 4 is 22.6 Å². The lowest BCUT2D eigenvalue weighted by atomic mass is 9.78. The second-order valence-corrected chi connectivity index (χ2v) is 7.67. The van der Waals surface area contributed by atoms with Crippen LogP contribution in [0.2, 0.25) is 0 Å². The molecule has 0 aliphatic heterocycles. The van der Waals surface area contributed by atoms with Crippen LogP contribution in [0.4, 0.5) is 0 Å². The van der Waals surface area contributed by atoms with Crippen LogP contribution in [0.15, 0.2) is 74.0 Å². The number of fused-ring (bicyclic) bond motifs is 1. The van der Waals surface area contributed by atoms with E-state index >= 15 is 0 Å². The summed E-state index contributed by atoms with van der Waals surface area (Å²) >= 11 is 0. The number of nitrogens with zero attached hydrogens (tertiary/aromatic N) is 3. The lowest BCUT2D eigenvalue weighted by Crippen LogP contribution is -2.34. The zero-order valence-electron chi connectivity index (χ0n) is 17.8. The predicted molar refractivity (Wildman–Crippen MR) is 123 cm³/mol. The van der Waals surface area contributed by atoms with Crippen molar-refractivity contribution in [2.24, 2.45) is 27.6 Å². The van der Waals surface area contributed by atoms with E-state index in [1.54, 1.807) is 31.2 Å². The van der Waals surface area contributed by atoms with Crippen LogP contribution in [0.1, 0.15) is 24.0 Å². The third-order valence-corrected chi connectivity index (χ3v) is 5.11. The van der Waals surface area contributed by atoms with Gasteiger partial charge in [0, 0.05) is 24.1 Å². The molecule has 0 spiro atoms. The van der Waals surface area contributed by atoms with Gasteiger partial charge in [-0.1, -0.05) is 42.5 Å². The maximum Gasteiger partial charge on any atom is 0.343 e. The fourth-order valence-electron chi connectivity index (χ4n) is 3.77. The summed E-state index contributed by atoms with van der Waals surface area (Å²) in [5.41, 5.74) is 12.3. The van der Waals surface area contributed by atoms with E-state index in [0.717, 1.165) is 5.56 Å². The van der Waals surface area contributed by atoms with Crippen molar-refractivity contribution < 1.29 is 9.52 Å². The fourth-order valence-corrected chi connectivity index (χ4v) is 3.77. The van der Waals surface area contributed by atoms with E-state index in [1.807, 2.05) is 49.3 Å². The van der Waals surface area contributed by atoms with E-state index in [2.05, 4.69) is 10.2 Å². The molecule has 31 heavy (non-hydrogen) atoms. The van der Waals surface area contributed by atoms with Crippen LogP contribution in [-0.4, -0.2) is 42.3 Å². The normalized spacial score (nSPS) is 13.9. The average Bonchev–Trinajstić information content (AvgIpc) is 2.74. The molecule has 0 fully saturated rings. The number of nitrogens with two attached hydrogens (primary N) is 2. The maximum absolute atomic E-state index is 13.1. The van der Waals surface area contributed by atoms with Crippen molar-refractivity contribution in [2.75, 3.05) is 20.6 Å². The molecule has 1 aromatic heterocycles. The molecular weight excluding hydrogens is 394 g/mol. The molecule has 3 aromatic rings. The third kappa shape index (κ3) is 4.92. The Morgan fingerprint density at radius 2 is 1.71 bits per heavy atom. The molecule has 8 heteroatoms. The minimum Gasteiger partial charge on any atom is -0.507 e. The molecular formula is C23H27N5O3. The Morgan fingerprint density at radius 3 is 2.35 bits per heavy atom. The third-order valence-electron chi connectivity index (χ3n) is 5.11. The van der Waals surface area contributed by atoms with Crippen molar-refractivity contribution in [3.63, 3.8) is 0 Å². The molecule has 3 rings (SSSR count). The monoisotopic (exact) mass is 421 g/mol. The summed E-state index contributed by atoms with van der Waals surface area (Å²) in [7, 11) is 3.84. The van der Waals surface area contributed by atoms with Crippen LogP contribution in [-0.2, 0) is 0 Å². The molecule has 0 saturated heterocycles. The first-order valence-electron chi connectivity index (χ1n) is 9.87. The van der Waals surface area contributed by atoms with Gasteiger partial charge in [0.15, 0.2) is 0 Å². The standard InChI is InChI=1S/C23H27N5O3/c1-14(26-27-23(24)25)17(13-28(2)3)19(15-9-5-4-6-10-15)20-21(29)16-11-7-8-12-18(16)31-22(20)30/h4-12,17,19,29H,13H2,1-3H3,(H4,24,25,27)/b26-14+. The molecule has 2 atom stereocenters. The van der Waals surface area contributed by atoms with Gasteiger partial charge in [-0.3, -0.25) is 0 Å². The molecule has 8 nitrogen and oxygen atoms in total. The number of benzene rings is 2. The molecule has 0 aliphatic rings. The van der Waals surface area contributed by atoms with Crippen LogP contribution >= 0.6 is 0 Å². The van der Waals surface area contributed by atoms with Gasteiger partial charge in [-0.15, -0.1) is 5.10 Å². The molecule has 162 valence electrons. The summed E-state index contributed by atoms with van der Waals surface area (Å²) < 4.78 is 5.57. The molecule has 5 N–H and O–H groups in total. The Kier molecular flexibility index (Phi) is 6.71. The summed E-state index contributed by atoms with van der Waals surface area (Å²) in [5, 5.41) is 19.6. The second kappa shape index (κ2) is 9.44. The van der Waals surface area contributed by atoms with Crippen LogP contribution in [0.3, 0.4) is 0 Å². The van der Waals surface area contributed by atoms with Gasteiger partial charge in [0.2, 0.25) is 5.96 Å². The Labute approximate surface area is 180 Å². The Hall–Kier alpha value is -3.65. The van der Waals surface area contributed by atoms with Crippen molar-refractivity contribution in [3.05, 3.63) is 76.1 Å². The highest BCUT2D eigenvalue weighted by Gasteiger charge is 2.33. The summed E-state index contributed by atoms with van der Waals surface area (Å²) in [6.45, 7) is 2.33. The summed E-state index contributed by atoms with van der Waals surface area (Å²) in [6.07, 6.45) is 0. The minimum absolute atomic E-state index is 0.0981. The Bertz CT molecular complexity index is 1160. The lowest BCUT2D eigenvalue weighted by molar-refractivity contribution is 0.346.